The molecular formula is C11H18N2O4. The zero-order valence-electron chi connectivity index (χ0n) is 10.1. The molecule has 6 heteroatoms. The molecule has 1 saturated heterocycles. The van der Waals surface area contributed by atoms with Gasteiger partial charge in [0.05, 0.1) is 18.4 Å². The van der Waals surface area contributed by atoms with E-state index in [2.05, 4.69) is 5.43 Å². The summed E-state index contributed by atoms with van der Waals surface area (Å²) in [5.41, 5.74) is 2.59. The largest absolute Gasteiger partial charge is 0.351 e. The van der Waals surface area contributed by atoms with Gasteiger partial charge in [0, 0.05) is 13.2 Å². The van der Waals surface area contributed by atoms with Crippen molar-refractivity contribution in [1.82, 2.24) is 10.4 Å². The maximum Gasteiger partial charge on any atom is 0.245 e. The van der Waals surface area contributed by atoms with E-state index in [1.54, 1.807) is 0 Å². The number of fused-ring (bicyclic) bond motifs is 1. The second-order valence-corrected chi connectivity index (χ2v) is 4.21. The van der Waals surface area contributed by atoms with E-state index in [1.807, 2.05) is 13.8 Å². The van der Waals surface area contributed by atoms with E-state index in [-0.39, 0.29) is 30.2 Å². The van der Waals surface area contributed by atoms with Gasteiger partial charge in [-0.05, 0) is 20.3 Å². The number of hydrazine groups is 1. The Balaban J connectivity index is 1.91. The number of amides is 2. The second kappa shape index (κ2) is 5.01. The molecule has 6 nitrogen and oxygen atoms in total. The van der Waals surface area contributed by atoms with Crippen LogP contribution in [-0.4, -0.2) is 42.9 Å². The molecule has 2 aliphatic rings. The Kier molecular flexibility index (Phi) is 3.63. The van der Waals surface area contributed by atoms with Gasteiger partial charge < -0.3 is 9.47 Å². The van der Waals surface area contributed by atoms with Crippen LogP contribution in [0.5, 0.6) is 0 Å². The van der Waals surface area contributed by atoms with Crippen LogP contribution < -0.4 is 5.43 Å². The van der Waals surface area contributed by atoms with Gasteiger partial charge in [0.25, 0.3) is 0 Å². The number of carbonyl (C=O) groups excluding carboxylic acids is 2. The lowest BCUT2D eigenvalue weighted by Gasteiger charge is -2.30. The third kappa shape index (κ3) is 2.58. The number of hydrogen-bond donors (Lipinski definition) is 1. The molecule has 0 aromatic carbocycles. The predicted molar refractivity (Wildman–Crippen MR) is 58.5 cm³/mol. The van der Waals surface area contributed by atoms with Crippen LogP contribution in [0.25, 0.3) is 0 Å². The molecule has 2 rings (SSSR count). The highest BCUT2D eigenvalue weighted by atomic mass is 16.7. The van der Waals surface area contributed by atoms with Crippen LogP contribution >= 0.6 is 0 Å². The minimum Gasteiger partial charge on any atom is -0.351 e. The molecule has 0 aromatic heterocycles. The Morgan fingerprint density at radius 2 is 1.94 bits per heavy atom. The minimum absolute atomic E-state index is 0.0287. The van der Waals surface area contributed by atoms with Crippen LogP contribution in [0, 0.1) is 11.8 Å². The summed E-state index contributed by atoms with van der Waals surface area (Å²) in [6.07, 6.45) is 0.194. The molecule has 2 fully saturated rings. The minimum atomic E-state index is -0.482. The second-order valence-electron chi connectivity index (χ2n) is 4.21. The molecule has 1 heterocycles. The number of nitrogens with one attached hydrogen (secondary N) is 1. The summed E-state index contributed by atoms with van der Waals surface area (Å²) in [4.78, 5) is 23.4. The summed E-state index contributed by atoms with van der Waals surface area (Å²) in [5, 5.41) is 1.33. The van der Waals surface area contributed by atoms with Crippen molar-refractivity contribution in [3.05, 3.63) is 0 Å². The molecule has 0 bridgehead atoms. The van der Waals surface area contributed by atoms with Crippen molar-refractivity contribution in [2.24, 2.45) is 11.8 Å². The summed E-state index contributed by atoms with van der Waals surface area (Å²) in [5.74, 6) is -0.315. The number of nitrogens with zero attached hydrogens (tertiary/aromatic N) is 1. The van der Waals surface area contributed by atoms with E-state index < -0.39 is 6.29 Å². The van der Waals surface area contributed by atoms with Crippen molar-refractivity contribution >= 4 is 11.8 Å². The highest BCUT2D eigenvalue weighted by molar-refractivity contribution is 5.97. The quantitative estimate of drug-likeness (QED) is 0.660. The Bertz CT molecular complexity index is 315. The van der Waals surface area contributed by atoms with Crippen molar-refractivity contribution in [3.63, 3.8) is 0 Å². The topological polar surface area (TPSA) is 67.9 Å². The summed E-state index contributed by atoms with van der Waals surface area (Å²) >= 11 is 0. The zero-order chi connectivity index (χ0) is 12.4. The van der Waals surface area contributed by atoms with Crippen LogP contribution in [0.3, 0.4) is 0 Å². The predicted octanol–water partition coefficient (Wildman–Crippen LogP) is -0.105. The standard InChI is InChI=1S/C11H18N2O4/c1-3-16-9(17-4-2)6-13-11(15)8-5-7(8)10(14)12-13/h7-9H,3-6H2,1-2H3,(H,12,14). The van der Waals surface area contributed by atoms with Gasteiger partial charge in [-0.1, -0.05) is 0 Å². The molecule has 1 saturated carbocycles. The fourth-order valence-electron chi connectivity index (χ4n) is 2.04. The van der Waals surface area contributed by atoms with E-state index in [1.165, 1.54) is 5.01 Å². The fraction of sp³-hybridized carbons (Fsp3) is 0.818. The normalized spacial score (nSPS) is 27.1. The van der Waals surface area contributed by atoms with E-state index in [4.69, 9.17) is 9.47 Å². The first-order valence-corrected chi connectivity index (χ1v) is 6.02. The van der Waals surface area contributed by atoms with Crippen molar-refractivity contribution in [2.75, 3.05) is 19.8 Å². The van der Waals surface area contributed by atoms with Crippen molar-refractivity contribution < 1.29 is 19.1 Å². The molecule has 2 unspecified atom stereocenters. The number of carbonyl (C=O) groups is 2. The van der Waals surface area contributed by atoms with Gasteiger partial charge in [-0.3, -0.25) is 15.0 Å². The number of rotatable bonds is 6. The van der Waals surface area contributed by atoms with Crippen LogP contribution in [0.4, 0.5) is 0 Å². The third-order valence-corrected chi connectivity index (χ3v) is 2.99. The molecule has 0 radical (unpaired) electrons. The SMILES string of the molecule is CCOC(CN1NC(=O)C2CC2C1=O)OCC. The first-order chi connectivity index (χ1) is 8.17. The smallest absolute Gasteiger partial charge is 0.245 e. The first-order valence-electron chi connectivity index (χ1n) is 6.02. The molecule has 2 atom stereocenters. The highest BCUT2D eigenvalue weighted by Crippen LogP contribution is 2.42. The van der Waals surface area contributed by atoms with Crippen molar-refractivity contribution in [2.45, 2.75) is 26.6 Å². The zero-order valence-corrected chi connectivity index (χ0v) is 10.1. The van der Waals surface area contributed by atoms with E-state index in [9.17, 15) is 9.59 Å². The van der Waals surface area contributed by atoms with Crippen molar-refractivity contribution in [3.8, 4) is 0 Å². The Morgan fingerprint density at radius 1 is 1.29 bits per heavy atom. The average Bonchev–Trinajstić information content (AvgIpc) is 3.06. The summed E-state index contributed by atoms with van der Waals surface area (Å²) < 4.78 is 10.7. The Hall–Kier alpha value is -1.14. The van der Waals surface area contributed by atoms with E-state index in [0.717, 1.165) is 0 Å². The first kappa shape index (κ1) is 12.3. The summed E-state index contributed by atoms with van der Waals surface area (Å²) in [6.45, 7) is 4.98. The molecular weight excluding hydrogens is 224 g/mol. The molecule has 1 aliphatic carbocycles. The van der Waals surface area contributed by atoms with Gasteiger partial charge in [0.15, 0.2) is 6.29 Å². The lowest BCUT2D eigenvalue weighted by Crippen LogP contribution is -2.54. The molecule has 2 amide bonds. The van der Waals surface area contributed by atoms with Gasteiger partial charge in [-0.15, -0.1) is 0 Å². The van der Waals surface area contributed by atoms with Gasteiger partial charge >= 0.3 is 0 Å². The monoisotopic (exact) mass is 242 g/mol. The lowest BCUT2D eigenvalue weighted by molar-refractivity contribution is -0.170. The van der Waals surface area contributed by atoms with E-state index >= 15 is 0 Å². The van der Waals surface area contributed by atoms with Crippen LogP contribution in [0.15, 0.2) is 0 Å². The number of ether oxygens (including phenoxy) is 2. The Morgan fingerprint density at radius 3 is 2.53 bits per heavy atom. The maximum absolute atomic E-state index is 11.9. The van der Waals surface area contributed by atoms with Crippen molar-refractivity contribution in [1.29, 1.82) is 0 Å². The molecule has 0 aromatic rings. The summed E-state index contributed by atoms with van der Waals surface area (Å²) in [6, 6.07) is 0. The van der Waals surface area contributed by atoms with Gasteiger partial charge in [0.2, 0.25) is 11.8 Å². The Labute approximate surface area is 100 Å². The lowest BCUT2D eigenvalue weighted by atomic mass is 10.2. The highest BCUT2D eigenvalue weighted by Gasteiger charge is 2.54. The fourth-order valence-corrected chi connectivity index (χ4v) is 2.04. The molecule has 96 valence electrons. The molecule has 1 N–H and O–H groups in total. The molecule has 17 heavy (non-hydrogen) atoms. The van der Waals surface area contributed by atoms with Crippen LogP contribution in [-0.2, 0) is 19.1 Å². The molecule has 1 aliphatic heterocycles. The van der Waals surface area contributed by atoms with Gasteiger partial charge in [0.1, 0.15) is 0 Å². The van der Waals surface area contributed by atoms with E-state index in [0.29, 0.717) is 19.6 Å². The third-order valence-electron chi connectivity index (χ3n) is 2.99. The molecule has 0 spiro atoms. The number of hydrogen-bond acceptors (Lipinski definition) is 4. The van der Waals surface area contributed by atoms with Crippen LogP contribution in [0.1, 0.15) is 20.3 Å². The van der Waals surface area contributed by atoms with Crippen LogP contribution in [0.2, 0.25) is 0 Å². The average molecular weight is 242 g/mol. The van der Waals surface area contributed by atoms with Gasteiger partial charge in [-0.2, -0.15) is 0 Å². The maximum atomic E-state index is 11.9. The van der Waals surface area contributed by atoms with Gasteiger partial charge in [-0.25, -0.2) is 5.01 Å². The summed E-state index contributed by atoms with van der Waals surface area (Å²) in [7, 11) is 0.